The topological polar surface area (TPSA) is 29.5 Å². The zero-order valence-electron chi connectivity index (χ0n) is 9.86. The van der Waals surface area contributed by atoms with Crippen molar-refractivity contribution in [2.45, 2.75) is 25.7 Å². The van der Waals surface area contributed by atoms with E-state index in [0.29, 0.717) is 11.8 Å². The van der Waals surface area contributed by atoms with Crippen molar-refractivity contribution in [2.24, 2.45) is 11.8 Å². The summed E-state index contributed by atoms with van der Waals surface area (Å²) >= 11 is 0. The van der Waals surface area contributed by atoms with Crippen molar-refractivity contribution in [1.82, 2.24) is 4.90 Å². The van der Waals surface area contributed by atoms with Gasteiger partial charge in [-0.3, -0.25) is 4.79 Å². The van der Waals surface area contributed by atoms with E-state index in [1.165, 1.54) is 25.3 Å². The summed E-state index contributed by atoms with van der Waals surface area (Å²) in [5.41, 5.74) is 0. The molecule has 0 radical (unpaired) electrons. The lowest BCUT2D eigenvalue weighted by molar-refractivity contribution is -0.126. The predicted octanol–water partition coefficient (Wildman–Crippen LogP) is 1.84. The third-order valence-corrected chi connectivity index (χ3v) is 3.83. The molecule has 3 nitrogen and oxygen atoms in total. The molecule has 0 aromatic rings. The Bertz CT molecular complexity index is 259. The summed E-state index contributed by atoms with van der Waals surface area (Å²) in [6.45, 7) is 7.16. The predicted molar refractivity (Wildman–Crippen MR) is 63.0 cm³/mol. The number of amides is 1. The zero-order chi connectivity index (χ0) is 11.4. The Balaban J connectivity index is 1.96. The van der Waals surface area contributed by atoms with E-state index < -0.39 is 0 Å². The average Bonchev–Trinajstić information content (AvgIpc) is 2.73. The first kappa shape index (κ1) is 11.6. The second-order valence-electron chi connectivity index (χ2n) is 4.87. The summed E-state index contributed by atoms with van der Waals surface area (Å²) in [5.74, 6) is 1.39. The van der Waals surface area contributed by atoms with Gasteiger partial charge in [-0.1, -0.05) is 13.0 Å². The smallest absolute Gasteiger partial charge is 0.245 e. The molecule has 1 amide bonds. The number of hydrogen-bond acceptors (Lipinski definition) is 2. The number of carbonyl (C=O) groups is 1. The van der Waals surface area contributed by atoms with E-state index >= 15 is 0 Å². The van der Waals surface area contributed by atoms with Gasteiger partial charge in [0.05, 0.1) is 0 Å². The zero-order valence-corrected chi connectivity index (χ0v) is 9.86. The van der Waals surface area contributed by atoms with Crippen LogP contribution in [-0.4, -0.2) is 37.1 Å². The molecule has 2 unspecified atom stereocenters. The van der Waals surface area contributed by atoms with Crippen LogP contribution in [-0.2, 0) is 9.53 Å². The molecule has 2 fully saturated rings. The number of ether oxygens (including phenoxy) is 1. The largest absolute Gasteiger partial charge is 0.381 e. The lowest BCUT2D eigenvalue weighted by atomic mass is 9.88. The van der Waals surface area contributed by atoms with Crippen molar-refractivity contribution in [3.63, 3.8) is 0 Å². The molecule has 2 aliphatic rings. The van der Waals surface area contributed by atoms with E-state index in [9.17, 15) is 4.79 Å². The standard InChI is InChI=1S/C13H21NO2/c1-2-13(15)14-7-4-3-5-11(9-14)12-6-8-16-10-12/h2,11-12H,1,3-10H2. The fraction of sp³-hybridized carbons (Fsp3) is 0.769. The van der Waals surface area contributed by atoms with Gasteiger partial charge in [-0.25, -0.2) is 0 Å². The van der Waals surface area contributed by atoms with E-state index in [-0.39, 0.29) is 5.91 Å². The molecule has 2 aliphatic heterocycles. The number of hydrogen-bond donors (Lipinski definition) is 0. The quantitative estimate of drug-likeness (QED) is 0.668. The molecule has 3 heteroatoms. The van der Waals surface area contributed by atoms with Crippen LogP contribution in [0.5, 0.6) is 0 Å². The van der Waals surface area contributed by atoms with E-state index in [4.69, 9.17) is 4.74 Å². The van der Waals surface area contributed by atoms with Crippen molar-refractivity contribution < 1.29 is 9.53 Å². The molecule has 0 aromatic heterocycles. The highest BCUT2D eigenvalue weighted by Crippen LogP contribution is 2.29. The minimum atomic E-state index is 0.0887. The maximum absolute atomic E-state index is 11.7. The highest BCUT2D eigenvalue weighted by Gasteiger charge is 2.29. The summed E-state index contributed by atoms with van der Waals surface area (Å²) in [5, 5.41) is 0. The molecular weight excluding hydrogens is 202 g/mol. The van der Waals surface area contributed by atoms with Gasteiger partial charge < -0.3 is 9.64 Å². The molecule has 2 rings (SSSR count). The Morgan fingerprint density at radius 2 is 2.19 bits per heavy atom. The molecule has 16 heavy (non-hydrogen) atoms. The molecular formula is C13H21NO2. The molecule has 0 aliphatic carbocycles. The molecule has 2 atom stereocenters. The minimum Gasteiger partial charge on any atom is -0.381 e. The van der Waals surface area contributed by atoms with Gasteiger partial charge in [-0.2, -0.15) is 0 Å². The summed E-state index contributed by atoms with van der Waals surface area (Å²) in [6, 6.07) is 0. The molecule has 0 spiro atoms. The highest BCUT2D eigenvalue weighted by atomic mass is 16.5. The number of carbonyl (C=O) groups excluding carboxylic acids is 1. The molecule has 2 saturated heterocycles. The summed E-state index contributed by atoms with van der Waals surface area (Å²) in [7, 11) is 0. The first-order chi connectivity index (χ1) is 7.81. The molecule has 0 saturated carbocycles. The van der Waals surface area contributed by atoms with Crippen molar-refractivity contribution >= 4 is 5.91 Å². The molecule has 0 bridgehead atoms. The highest BCUT2D eigenvalue weighted by molar-refractivity contribution is 5.87. The van der Waals surface area contributed by atoms with Gasteiger partial charge in [0.1, 0.15) is 0 Å². The fourth-order valence-corrected chi connectivity index (χ4v) is 2.81. The van der Waals surface area contributed by atoms with Gasteiger partial charge in [-0.05, 0) is 37.2 Å². The fourth-order valence-electron chi connectivity index (χ4n) is 2.81. The van der Waals surface area contributed by atoms with Gasteiger partial charge in [0.2, 0.25) is 5.91 Å². The molecule has 0 aromatic carbocycles. The normalized spacial score (nSPS) is 31.1. The van der Waals surface area contributed by atoms with Crippen LogP contribution in [0.15, 0.2) is 12.7 Å². The lowest BCUT2D eigenvalue weighted by Gasteiger charge is -2.26. The Kier molecular flexibility index (Phi) is 3.99. The second-order valence-corrected chi connectivity index (χ2v) is 4.87. The van der Waals surface area contributed by atoms with Crippen LogP contribution in [0.2, 0.25) is 0 Å². The molecule has 90 valence electrons. The van der Waals surface area contributed by atoms with E-state index in [0.717, 1.165) is 32.7 Å². The summed E-state index contributed by atoms with van der Waals surface area (Å²) < 4.78 is 5.45. The van der Waals surface area contributed by atoms with Gasteiger partial charge in [0.15, 0.2) is 0 Å². The van der Waals surface area contributed by atoms with Crippen LogP contribution < -0.4 is 0 Å². The van der Waals surface area contributed by atoms with Crippen LogP contribution in [0.4, 0.5) is 0 Å². The van der Waals surface area contributed by atoms with E-state index in [2.05, 4.69) is 6.58 Å². The maximum atomic E-state index is 11.7. The van der Waals surface area contributed by atoms with Crippen molar-refractivity contribution in [2.75, 3.05) is 26.3 Å². The van der Waals surface area contributed by atoms with Crippen molar-refractivity contribution in [3.8, 4) is 0 Å². The van der Waals surface area contributed by atoms with Gasteiger partial charge in [0, 0.05) is 26.3 Å². The third-order valence-electron chi connectivity index (χ3n) is 3.83. The van der Waals surface area contributed by atoms with Crippen LogP contribution in [0, 0.1) is 11.8 Å². The van der Waals surface area contributed by atoms with Crippen LogP contribution >= 0.6 is 0 Å². The van der Waals surface area contributed by atoms with E-state index in [1.807, 2.05) is 4.90 Å². The Morgan fingerprint density at radius 3 is 2.88 bits per heavy atom. The number of nitrogens with zero attached hydrogens (tertiary/aromatic N) is 1. The summed E-state index contributed by atoms with van der Waals surface area (Å²) in [6.07, 6.45) is 6.22. The average molecular weight is 223 g/mol. The van der Waals surface area contributed by atoms with Gasteiger partial charge in [0.25, 0.3) is 0 Å². The van der Waals surface area contributed by atoms with Crippen molar-refractivity contribution in [3.05, 3.63) is 12.7 Å². The van der Waals surface area contributed by atoms with E-state index in [1.54, 1.807) is 0 Å². The maximum Gasteiger partial charge on any atom is 0.245 e. The number of likely N-dealkylation sites (tertiary alicyclic amines) is 1. The minimum absolute atomic E-state index is 0.0887. The second kappa shape index (κ2) is 5.48. The SMILES string of the molecule is C=CC(=O)N1CCCCC(C2CCOC2)C1. The molecule has 2 heterocycles. The third kappa shape index (κ3) is 2.64. The van der Waals surface area contributed by atoms with Gasteiger partial charge >= 0.3 is 0 Å². The Labute approximate surface area is 97.5 Å². The van der Waals surface area contributed by atoms with Gasteiger partial charge in [-0.15, -0.1) is 0 Å². The van der Waals surface area contributed by atoms with Crippen LogP contribution in [0.25, 0.3) is 0 Å². The lowest BCUT2D eigenvalue weighted by Crippen LogP contribution is -2.35. The molecule has 0 N–H and O–H groups in total. The summed E-state index contributed by atoms with van der Waals surface area (Å²) in [4.78, 5) is 13.6. The first-order valence-electron chi connectivity index (χ1n) is 6.30. The van der Waals surface area contributed by atoms with Crippen LogP contribution in [0.1, 0.15) is 25.7 Å². The number of rotatable bonds is 2. The van der Waals surface area contributed by atoms with Crippen molar-refractivity contribution in [1.29, 1.82) is 0 Å². The van der Waals surface area contributed by atoms with Crippen LogP contribution in [0.3, 0.4) is 0 Å². The Hall–Kier alpha value is -0.830. The first-order valence-corrected chi connectivity index (χ1v) is 6.30. The Morgan fingerprint density at radius 1 is 1.31 bits per heavy atom. The monoisotopic (exact) mass is 223 g/mol.